The fourth-order valence-corrected chi connectivity index (χ4v) is 2.91. The SMILES string of the molecule is CC(C)(O)CC(=O)Nc1cccc(Oc2ccc3nc(NC(=O)C4CC4)cn3n2)c1. The van der Waals surface area contributed by atoms with Crippen LogP contribution in [-0.4, -0.2) is 37.1 Å². The van der Waals surface area contributed by atoms with E-state index in [4.69, 9.17) is 4.74 Å². The second-order valence-electron chi connectivity index (χ2n) is 8.03. The molecule has 0 aliphatic heterocycles. The number of ether oxygens (including phenoxy) is 1. The third-order valence-corrected chi connectivity index (χ3v) is 4.43. The van der Waals surface area contributed by atoms with Crippen molar-refractivity contribution in [2.75, 3.05) is 10.6 Å². The van der Waals surface area contributed by atoms with Crippen molar-refractivity contribution in [1.82, 2.24) is 14.6 Å². The number of carbonyl (C=O) groups is 2. The molecule has 3 N–H and O–H groups in total. The highest BCUT2D eigenvalue weighted by atomic mass is 16.5. The Morgan fingerprint density at radius 2 is 2.03 bits per heavy atom. The Bertz CT molecular complexity index is 1100. The Kier molecular flexibility index (Phi) is 5.13. The topological polar surface area (TPSA) is 118 Å². The van der Waals surface area contributed by atoms with Gasteiger partial charge in [-0.2, -0.15) is 0 Å². The van der Waals surface area contributed by atoms with Crippen LogP contribution in [0.1, 0.15) is 33.1 Å². The molecule has 0 bridgehead atoms. The van der Waals surface area contributed by atoms with Gasteiger partial charge in [-0.05, 0) is 44.9 Å². The number of aliphatic hydroxyl groups is 1. The van der Waals surface area contributed by atoms with E-state index in [2.05, 4.69) is 20.7 Å². The number of benzene rings is 1. The van der Waals surface area contributed by atoms with E-state index in [1.54, 1.807) is 56.4 Å². The van der Waals surface area contributed by atoms with Crippen molar-refractivity contribution < 1.29 is 19.4 Å². The Morgan fingerprint density at radius 1 is 1.23 bits per heavy atom. The van der Waals surface area contributed by atoms with E-state index in [0.717, 1.165) is 12.8 Å². The van der Waals surface area contributed by atoms with E-state index in [1.165, 1.54) is 4.52 Å². The van der Waals surface area contributed by atoms with Crippen molar-refractivity contribution >= 4 is 29.0 Å². The molecule has 9 nitrogen and oxygen atoms in total. The van der Waals surface area contributed by atoms with Gasteiger partial charge in [0.2, 0.25) is 17.7 Å². The fourth-order valence-electron chi connectivity index (χ4n) is 2.91. The summed E-state index contributed by atoms with van der Waals surface area (Å²) in [5.74, 6) is 1.06. The van der Waals surface area contributed by atoms with Gasteiger partial charge in [0, 0.05) is 23.7 Å². The summed E-state index contributed by atoms with van der Waals surface area (Å²) >= 11 is 0. The van der Waals surface area contributed by atoms with Gasteiger partial charge in [-0.15, -0.1) is 5.10 Å². The first kappa shape index (κ1) is 19.8. The molecule has 0 unspecified atom stereocenters. The smallest absolute Gasteiger partial charge is 0.237 e. The van der Waals surface area contributed by atoms with Gasteiger partial charge in [-0.25, -0.2) is 9.50 Å². The van der Waals surface area contributed by atoms with Crippen LogP contribution in [0.5, 0.6) is 11.6 Å². The maximum absolute atomic E-state index is 12.0. The number of nitrogens with one attached hydrogen (secondary N) is 2. The molecule has 0 spiro atoms. The first-order valence-electron chi connectivity index (χ1n) is 9.73. The number of hydrogen-bond donors (Lipinski definition) is 3. The standard InChI is InChI=1S/C21H23N5O4/c1-21(2,29)11-18(27)22-14-4-3-5-15(10-14)30-19-9-8-17-23-16(12-26(17)25-19)24-20(28)13-6-7-13/h3-5,8-10,12-13,29H,6-7,11H2,1-2H3,(H,22,27)(H,24,28). The molecule has 2 amide bonds. The number of nitrogens with zero attached hydrogens (tertiary/aromatic N) is 3. The summed E-state index contributed by atoms with van der Waals surface area (Å²) in [5, 5.41) is 19.6. The van der Waals surface area contributed by atoms with Gasteiger partial charge in [0.1, 0.15) is 5.75 Å². The van der Waals surface area contributed by atoms with Gasteiger partial charge < -0.3 is 20.5 Å². The van der Waals surface area contributed by atoms with Crippen LogP contribution < -0.4 is 15.4 Å². The summed E-state index contributed by atoms with van der Waals surface area (Å²) in [5.41, 5.74) is 0.0517. The Morgan fingerprint density at radius 3 is 2.77 bits per heavy atom. The van der Waals surface area contributed by atoms with Gasteiger partial charge in [-0.3, -0.25) is 9.59 Å². The van der Waals surface area contributed by atoms with Crippen LogP contribution in [0.25, 0.3) is 5.65 Å². The third kappa shape index (κ3) is 5.12. The van der Waals surface area contributed by atoms with E-state index < -0.39 is 5.60 Å². The van der Waals surface area contributed by atoms with Crippen LogP contribution in [0.3, 0.4) is 0 Å². The van der Waals surface area contributed by atoms with Crippen LogP contribution in [-0.2, 0) is 9.59 Å². The zero-order chi connectivity index (χ0) is 21.3. The quantitative estimate of drug-likeness (QED) is 0.552. The van der Waals surface area contributed by atoms with Gasteiger partial charge in [0.15, 0.2) is 11.5 Å². The predicted molar refractivity (Wildman–Crippen MR) is 110 cm³/mol. The summed E-state index contributed by atoms with van der Waals surface area (Å²) in [6.07, 6.45) is 3.46. The second-order valence-corrected chi connectivity index (χ2v) is 8.03. The molecule has 0 atom stereocenters. The zero-order valence-corrected chi connectivity index (χ0v) is 16.8. The molecule has 1 aliphatic rings. The highest BCUT2D eigenvalue weighted by molar-refractivity contribution is 5.93. The molecule has 9 heteroatoms. The van der Waals surface area contributed by atoms with Gasteiger partial charge in [0.25, 0.3) is 0 Å². The molecule has 0 saturated heterocycles. The number of amides is 2. The highest BCUT2D eigenvalue weighted by Gasteiger charge is 2.30. The molecule has 4 rings (SSSR count). The largest absolute Gasteiger partial charge is 0.438 e. The first-order chi connectivity index (χ1) is 14.2. The lowest BCUT2D eigenvalue weighted by molar-refractivity contribution is -0.120. The molecule has 1 fully saturated rings. The minimum absolute atomic E-state index is 0.0154. The van der Waals surface area contributed by atoms with Gasteiger partial charge in [-0.1, -0.05) is 6.07 Å². The molecular formula is C21H23N5O4. The molecule has 1 saturated carbocycles. The van der Waals surface area contributed by atoms with Crippen LogP contribution in [0.4, 0.5) is 11.5 Å². The van der Waals surface area contributed by atoms with Crippen LogP contribution in [0.2, 0.25) is 0 Å². The number of anilines is 2. The molecule has 1 aliphatic carbocycles. The Hall–Kier alpha value is -3.46. The van der Waals surface area contributed by atoms with Gasteiger partial charge >= 0.3 is 0 Å². The second kappa shape index (κ2) is 7.75. The van der Waals surface area contributed by atoms with E-state index in [9.17, 15) is 14.7 Å². The number of aromatic nitrogens is 3. The molecule has 156 valence electrons. The molecule has 2 heterocycles. The van der Waals surface area contributed by atoms with Crippen molar-refractivity contribution in [1.29, 1.82) is 0 Å². The molecule has 2 aromatic heterocycles. The Balaban J connectivity index is 1.44. The molecule has 3 aromatic rings. The van der Waals surface area contributed by atoms with Crippen molar-refractivity contribution in [2.24, 2.45) is 5.92 Å². The molecular weight excluding hydrogens is 386 g/mol. The fraction of sp³-hybridized carbons (Fsp3) is 0.333. The average molecular weight is 409 g/mol. The summed E-state index contributed by atoms with van der Waals surface area (Å²) in [6, 6.07) is 10.3. The van der Waals surface area contributed by atoms with Crippen LogP contribution in [0, 0.1) is 5.92 Å². The normalized spacial score (nSPS) is 13.8. The van der Waals surface area contributed by atoms with Crippen molar-refractivity contribution in [3.63, 3.8) is 0 Å². The number of fused-ring (bicyclic) bond motifs is 1. The van der Waals surface area contributed by atoms with Crippen molar-refractivity contribution in [2.45, 2.75) is 38.7 Å². The lowest BCUT2D eigenvalue weighted by Crippen LogP contribution is -2.27. The van der Waals surface area contributed by atoms with E-state index in [1.807, 2.05) is 0 Å². The van der Waals surface area contributed by atoms with Crippen molar-refractivity contribution in [3.05, 3.63) is 42.6 Å². The number of rotatable bonds is 7. The molecule has 30 heavy (non-hydrogen) atoms. The highest BCUT2D eigenvalue weighted by Crippen LogP contribution is 2.30. The van der Waals surface area contributed by atoms with E-state index in [-0.39, 0.29) is 24.2 Å². The number of hydrogen-bond acceptors (Lipinski definition) is 6. The van der Waals surface area contributed by atoms with Crippen molar-refractivity contribution in [3.8, 4) is 11.6 Å². The minimum atomic E-state index is -1.08. The first-order valence-corrected chi connectivity index (χ1v) is 9.73. The summed E-state index contributed by atoms with van der Waals surface area (Å²) < 4.78 is 7.33. The number of carbonyl (C=O) groups excluding carboxylic acids is 2. The summed E-state index contributed by atoms with van der Waals surface area (Å²) in [4.78, 5) is 28.2. The van der Waals surface area contributed by atoms with E-state index in [0.29, 0.717) is 28.8 Å². The monoisotopic (exact) mass is 409 g/mol. The number of imidazole rings is 1. The molecule has 1 aromatic carbocycles. The third-order valence-electron chi connectivity index (χ3n) is 4.43. The van der Waals surface area contributed by atoms with Crippen LogP contribution >= 0.6 is 0 Å². The average Bonchev–Trinajstić information content (AvgIpc) is 3.41. The predicted octanol–water partition coefficient (Wildman–Crippen LogP) is 2.97. The summed E-state index contributed by atoms with van der Waals surface area (Å²) in [6.45, 7) is 3.15. The lowest BCUT2D eigenvalue weighted by Gasteiger charge is -2.16. The molecule has 0 radical (unpaired) electrons. The lowest BCUT2D eigenvalue weighted by atomic mass is 10.1. The van der Waals surface area contributed by atoms with Gasteiger partial charge in [0.05, 0.1) is 18.2 Å². The maximum atomic E-state index is 12.0. The van der Waals surface area contributed by atoms with Crippen LogP contribution in [0.15, 0.2) is 42.6 Å². The summed E-state index contributed by atoms with van der Waals surface area (Å²) in [7, 11) is 0. The van der Waals surface area contributed by atoms with E-state index >= 15 is 0 Å². The minimum Gasteiger partial charge on any atom is -0.438 e. The zero-order valence-electron chi connectivity index (χ0n) is 16.8. The Labute approximate surface area is 173 Å². The maximum Gasteiger partial charge on any atom is 0.237 e.